The summed E-state index contributed by atoms with van der Waals surface area (Å²) in [5.74, 6) is -0.466. The molecule has 24 heavy (non-hydrogen) atoms. The molecule has 0 aliphatic heterocycles. The topological polar surface area (TPSA) is 78.3 Å². The summed E-state index contributed by atoms with van der Waals surface area (Å²) in [7, 11) is 0. The molecule has 120 valence electrons. The molecule has 3 aromatic carbocycles. The van der Waals surface area contributed by atoms with Gasteiger partial charge in [0.2, 0.25) is 0 Å². The molecule has 0 radical (unpaired) electrons. The molecule has 0 heterocycles. The van der Waals surface area contributed by atoms with E-state index in [2.05, 4.69) is 0 Å². The molecule has 0 spiro atoms. The van der Waals surface area contributed by atoms with E-state index < -0.39 is 12.1 Å². The first kappa shape index (κ1) is 15.6. The predicted molar refractivity (Wildman–Crippen MR) is 95.4 cm³/mol. The predicted octanol–water partition coefficient (Wildman–Crippen LogP) is 3.80. The molecule has 0 fully saturated rings. The van der Waals surface area contributed by atoms with Crippen molar-refractivity contribution in [1.29, 1.82) is 0 Å². The van der Waals surface area contributed by atoms with Gasteiger partial charge < -0.3 is 16.2 Å². The smallest absolute Gasteiger partial charge is 0.339 e. The third kappa shape index (κ3) is 3.55. The number of rotatable bonds is 4. The van der Waals surface area contributed by atoms with E-state index in [-0.39, 0.29) is 0 Å². The minimum absolute atomic E-state index is 0.337. The Morgan fingerprint density at radius 3 is 1.67 bits per heavy atom. The Hall–Kier alpha value is -3.27. The first-order chi connectivity index (χ1) is 11.6. The Balaban J connectivity index is 1.93. The van der Waals surface area contributed by atoms with Crippen molar-refractivity contribution < 1.29 is 9.53 Å². The highest BCUT2D eigenvalue weighted by atomic mass is 16.5. The number of anilines is 2. The molecule has 0 saturated heterocycles. The van der Waals surface area contributed by atoms with E-state index in [9.17, 15) is 4.79 Å². The lowest BCUT2D eigenvalue weighted by molar-refractivity contribution is 0.0378. The molecular weight excluding hydrogens is 300 g/mol. The monoisotopic (exact) mass is 318 g/mol. The average molecular weight is 318 g/mol. The van der Waals surface area contributed by atoms with Gasteiger partial charge in [0.25, 0.3) is 0 Å². The number of ether oxygens (including phenoxy) is 1. The molecule has 0 saturated carbocycles. The van der Waals surface area contributed by atoms with Crippen molar-refractivity contribution >= 4 is 17.3 Å². The standard InChI is InChI=1S/C20H18N2O2/c21-17-11-16(12-18(22)13-17)20(23)24-19(14-7-3-1-4-8-14)15-9-5-2-6-10-15/h1-13,19H,21-22H2. The molecular formula is C20H18N2O2. The third-order valence-electron chi connectivity index (χ3n) is 3.64. The summed E-state index contributed by atoms with van der Waals surface area (Å²) >= 11 is 0. The molecule has 4 nitrogen and oxygen atoms in total. The van der Waals surface area contributed by atoms with Crippen molar-refractivity contribution in [3.63, 3.8) is 0 Å². The number of benzene rings is 3. The van der Waals surface area contributed by atoms with Crippen molar-refractivity contribution in [2.24, 2.45) is 0 Å². The van der Waals surface area contributed by atoms with Crippen molar-refractivity contribution in [3.8, 4) is 0 Å². The summed E-state index contributed by atoms with van der Waals surface area (Å²) in [5.41, 5.74) is 14.5. The third-order valence-corrected chi connectivity index (χ3v) is 3.64. The van der Waals surface area contributed by atoms with Crippen molar-refractivity contribution in [2.75, 3.05) is 11.5 Å². The Morgan fingerprint density at radius 2 is 1.21 bits per heavy atom. The zero-order chi connectivity index (χ0) is 16.9. The van der Waals surface area contributed by atoms with Gasteiger partial charge >= 0.3 is 5.97 Å². The molecule has 0 amide bonds. The van der Waals surface area contributed by atoms with Crippen LogP contribution in [0.3, 0.4) is 0 Å². The molecule has 0 atom stereocenters. The zero-order valence-electron chi connectivity index (χ0n) is 13.1. The largest absolute Gasteiger partial charge is 0.449 e. The number of nitrogens with two attached hydrogens (primary N) is 2. The summed E-state index contributed by atoms with van der Waals surface area (Å²) in [4.78, 5) is 12.6. The van der Waals surface area contributed by atoms with Crippen molar-refractivity contribution in [3.05, 3.63) is 95.6 Å². The first-order valence-corrected chi connectivity index (χ1v) is 7.60. The molecule has 0 unspecified atom stereocenters. The van der Waals surface area contributed by atoms with Crippen LogP contribution in [0, 0.1) is 0 Å². The quantitative estimate of drug-likeness (QED) is 0.566. The van der Waals surface area contributed by atoms with Crippen LogP contribution in [0.15, 0.2) is 78.9 Å². The van der Waals surface area contributed by atoms with Crippen LogP contribution < -0.4 is 11.5 Å². The van der Waals surface area contributed by atoms with Crippen LogP contribution in [0.1, 0.15) is 27.6 Å². The van der Waals surface area contributed by atoms with E-state index in [1.54, 1.807) is 18.2 Å². The lowest BCUT2D eigenvalue weighted by atomic mass is 10.0. The molecule has 0 aromatic heterocycles. The van der Waals surface area contributed by atoms with E-state index in [0.29, 0.717) is 16.9 Å². The van der Waals surface area contributed by atoms with Gasteiger partial charge in [-0.15, -0.1) is 0 Å². The number of esters is 1. The summed E-state index contributed by atoms with van der Waals surface area (Å²) in [5, 5.41) is 0. The van der Waals surface area contributed by atoms with Crippen molar-refractivity contribution in [1.82, 2.24) is 0 Å². The molecule has 4 N–H and O–H groups in total. The molecule has 3 aromatic rings. The number of carbonyl (C=O) groups excluding carboxylic acids is 1. The fraction of sp³-hybridized carbons (Fsp3) is 0.0500. The summed E-state index contributed by atoms with van der Waals surface area (Å²) in [6.45, 7) is 0. The normalized spacial score (nSPS) is 10.5. The highest BCUT2D eigenvalue weighted by molar-refractivity contribution is 5.92. The lowest BCUT2D eigenvalue weighted by Crippen LogP contribution is -2.13. The summed E-state index contributed by atoms with van der Waals surface area (Å²) in [6.07, 6.45) is -0.498. The van der Waals surface area contributed by atoms with E-state index in [0.717, 1.165) is 11.1 Å². The Labute approximate surface area is 140 Å². The second-order valence-electron chi connectivity index (χ2n) is 5.50. The number of hydrogen-bond donors (Lipinski definition) is 2. The van der Waals surface area contributed by atoms with Gasteiger partial charge in [-0.05, 0) is 29.3 Å². The maximum Gasteiger partial charge on any atom is 0.339 e. The second kappa shape index (κ2) is 6.87. The average Bonchev–Trinajstić information content (AvgIpc) is 2.60. The summed E-state index contributed by atoms with van der Waals surface area (Å²) in [6, 6.07) is 23.9. The molecule has 0 bridgehead atoms. The van der Waals surface area contributed by atoms with Gasteiger partial charge in [-0.3, -0.25) is 0 Å². The van der Waals surface area contributed by atoms with Crippen LogP contribution in [-0.2, 0) is 4.74 Å². The van der Waals surface area contributed by atoms with Gasteiger partial charge in [-0.25, -0.2) is 4.79 Å². The SMILES string of the molecule is Nc1cc(N)cc(C(=O)OC(c2ccccc2)c2ccccc2)c1. The highest BCUT2D eigenvalue weighted by Crippen LogP contribution is 2.27. The van der Waals surface area contributed by atoms with Gasteiger partial charge in [-0.1, -0.05) is 60.7 Å². The fourth-order valence-electron chi connectivity index (χ4n) is 2.55. The van der Waals surface area contributed by atoms with Crippen LogP contribution in [0.5, 0.6) is 0 Å². The van der Waals surface area contributed by atoms with Gasteiger partial charge in [0, 0.05) is 11.4 Å². The zero-order valence-corrected chi connectivity index (χ0v) is 13.1. The van der Waals surface area contributed by atoms with E-state index in [1.165, 1.54) is 0 Å². The van der Waals surface area contributed by atoms with Crippen LogP contribution >= 0.6 is 0 Å². The number of carbonyl (C=O) groups is 1. The van der Waals surface area contributed by atoms with Gasteiger partial charge in [0.05, 0.1) is 5.56 Å². The van der Waals surface area contributed by atoms with Crippen LogP contribution in [0.4, 0.5) is 11.4 Å². The Morgan fingerprint density at radius 1 is 0.750 bits per heavy atom. The number of nitrogen functional groups attached to an aromatic ring is 2. The van der Waals surface area contributed by atoms with E-state index in [4.69, 9.17) is 16.2 Å². The van der Waals surface area contributed by atoms with Gasteiger partial charge in [0.15, 0.2) is 6.10 Å². The highest BCUT2D eigenvalue weighted by Gasteiger charge is 2.20. The molecule has 3 rings (SSSR count). The minimum atomic E-state index is -0.498. The fourth-order valence-corrected chi connectivity index (χ4v) is 2.55. The van der Waals surface area contributed by atoms with Crippen LogP contribution in [0.25, 0.3) is 0 Å². The second-order valence-corrected chi connectivity index (χ2v) is 5.50. The van der Waals surface area contributed by atoms with Gasteiger partial charge in [-0.2, -0.15) is 0 Å². The summed E-state index contributed by atoms with van der Waals surface area (Å²) < 4.78 is 5.77. The lowest BCUT2D eigenvalue weighted by Gasteiger charge is -2.19. The molecule has 0 aliphatic carbocycles. The van der Waals surface area contributed by atoms with Gasteiger partial charge in [0.1, 0.15) is 0 Å². The molecule has 0 aliphatic rings. The maximum atomic E-state index is 12.6. The van der Waals surface area contributed by atoms with E-state index in [1.807, 2.05) is 60.7 Å². The first-order valence-electron chi connectivity index (χ1n) is 7.60. The number of hydrogen-bond acceptors (Lipinski definition) is 4. The Kier molecular flexibility index (Phi) is 4.47. The van der Waals surface area contributed by atoms with E-state index >= 15 is 0 Å². The van der Waals surface area contributed by atoms with Crippen LogP contribution in [-0.4, -0.2) is 5.97 Å². The van der Waals surface area contributed by atoms with Crippen LogP contribution in [0.2, 0.25) is 0 Å². The Bertz CT molecular complexity index is 773. The maximum absolute atomic E-state index is 12.6. The van der Waals surface area contributed by atoms with Crippen molar-refractivity contribution in [2.45, 2.75) is 6.10 Å². The minimum Gasteiger partial charge on any atom is -0.449 e. The molecule has 4 heteroatoms.